The van der Waals surface area contributed by atoms with E-state index in [-0.39, 0.29) is 11.1 Å². The molecule has 1 saturated heterocycles. The third kappa shape index (κ3) is 2.98. The third-order valence-electron chi connectivity index (χ3n) is 4.79. The number of carboxylic acid groups (broad SMARTS) is 1. The normalized spacial score (nSPS) is 14.7. The van der Waals surface area contributed by atoms with Crippen LogP contribution in [0, 0.1) is 13.8 Å². The number of carbonyl (C=O) groups is 4. The van der Waals surface area contributed by atoms with E-state index < -0.39 is 23.8 Å². The highest BCUT2D eigenvalue weighted by atomic mass is 16.4. The summed E-state index contributed by atoms with van der Waals surface area (Å²) in [7, 11) is 2.66. The Morgan fingerprint density at radius 2 is 1.50 bits per heavy atom. The van der Waals surface area contributed by atoms with Gasteiger partial charge in [-0.25, -0.2) is 9.59 Å². The SMILES string of the molecule is Cc1cc(C=C2C(=O)N(C)C(=O)N(C)C2=O)c(C)n1-c1ccc(C(=O)O)cc1. The molecule has 1 aromatic heterocycles. The first-order valence-corrected chi connectivity index (χ1v) is 8.48. The number of hydrogen-bond acceptors (Lipinski definition) is 4. The molecule has 1 aliphatic rings. The molecule has 0 spiro atoms. The fraction of sp³-hybridized carbons (Fsp3) is 0.200. The van der Waals surface area contributed by atoms with Gasteiger partial charge in [-0.1, -0.05) is 0 Å². The Hall–Kier alpha value is -3.68. The second kappa shape index (κ2) is 6.80. The van der Waals surface area contributed by atoms with Gasteiger partial charge in [0.05, 0.1) is 5.56 Å². The smallest absolute Gasteiger partial charge is 0.335 e. The minimum Gasteiger partial charge on any atom is -0.478 e. The second-order valence-corrected chi connectivity index (χ2v) is 6.58. The molecule has 8 heteroatoms. The Morgan fingerprint density at radius 3 is 2.00 bits per heavy atom. The van der Waals surface area contributed by atoms with Crippen LogP contribution in [-0.4, -0.2) is 57.4 Å². The molecule has 1 aliphatic heterocycles. The van der Waals surface area contributed by atoms with Crippen molar-refractivity contribution in [2.24, 2.45) is 0 Å². The molecule has 0 atom stereocenters. The Kier molecular flexibility index (Phi) is 4.64. The minimum atomic E-state index is -1.00. The number of benzene rings is 1. The molecule has 0 radical (unpaired) electrons. The summed E-state index contributed by atoms with van der Waals surface area (Å²) < 4.78 is 1.90. The molecule has 144 valence electrons. The van der Waals surface area contributed by atoms with Gasteiger partial charge in [0.2, 0.25) is 0 Å². The van der Waals surface area contributed by atoms with Crippen molar-refractivity contribution in [1.82, 2.24) is 14.4 Å². The quantitative estimate of drug-likeness (QED) is 0.649. The number of nitrogens with zero attached hydrogens (tertiary/aromatic N) is 3. The van der Waals surface area contributed by atoms with E-state index in [1.54, 1.807) is 12.1 Å². The maximum absolute atomic E-state index is 12.4. The number of likely N-dealkylation sites (N-methyl/N-ethyl adjacent to an activating group) is 2. The van der Waals surface area contributed by atoms with Crippen LogP contribution in [0.15, 0.2) is 35.9 Å². The van der Waals surface area contributed by atoms with Crippen LogP contribution in [0.25, 0.3) is 11.8 Å². The van der Waals surface area contributed by atoms with Crippen LogP contribution in [0.4, 0.5) is 4.79 Å². The molecule has 0 saturated carbocycles. The Labute approximate surface area is 161 Å². The number of hydrogen-bond donors (Lipinski definition) is 1. The van der Waals surface area contributed by atoms with Gasteiger partial charge in [-0.15, -0.1) is 0 Å². The number of aryl methyl sites for hydroxylation is 1. The summed E-state index contributed by atoms with van der Waals surface area (Å²) in [4.78, 5) is 49.5. The van der Waals surface area contributed by atoms with E-state index in [4.69, 9.17) is 5.11 Å². The predicted octanol–water partition coefficient (Wildman–Crippen LogP) is 2.23. The standard InChI is InChI=1S/C20H19N3O5/c1-11-9-14(10-16-17(24)21(3)20(28)22(4)18(16)25)12(2)23(11)15-7-5-13(6-8-15)19(26)27/h5-10H,1-4H3,(H,26,27). The number of aromatic carboxylic acids is 1. The molecule has 1 aromatic carbocycles. The van der Waals surface area contributed by atoms with E-state index in [2.05, 4.69) is 0 Å². The molecule has 4 amide bonds. The lowest BCUT2D eigenvalue weighted by molar-refractivity contribution is -0.134. The summed E-state index contributed by atoms with van der Waals surface area (Å²) >= 11 is 0. The molecule has 0 aliphatic carbocycles. The molecule has 0 unspecified atom stereocenters. The van der Waals surface area contributed by atoms with Crippen LogP contribution in [0.5, 0.6) is 0 Å². The first-order chi connectivity index (χ1) is 13.1. The van der Waals surface area contributed by atoms with Gasteiger partial charge in [-0.3, -0.25) is 19.4 Å². The zero-order valence-electron chi connectivity index (χ0n) is 15.9. The molecule has 2 heterocycles. The Morgan fingerprint density at radius 1 is 0.964 bits per heavy atom. The molecule has 0 bridgehead atoms. The van der Waals surface area contributed by atoms with E-state index in [0.717, 1.165) is 26.9 Å². The number of urea groups is 1. The summed E-state index contributed by atoms with van der Waals surface area (Å²) in [5, 5.41) is 9.04. The average Bonchev–Trinajstić information content (AvgIpc) is 2.95. The largest absolute Gasteiger partial charge is 0.478 e. The van der Waals surface area contributed by atoms with E-state index in [1.807, 2.05) is 24.5 Å². The number of rotatable bonds is 3. The molecule has 3 rings (SSSR count). The summed E-state index contributed by atoms with van der Waals surface area (Å²) in [6.45, 7) is 3.70. The molecule has 2 aromatic rings. The number of carboxylic acids is 1. The maximum atomic E-state index is 12.4. The first kappa shape index (κ1) is 19.1. The number of barbiturate groups is 1. The number of aromatic nitrogens is 1. The molecule has 1 fully saturated rings. The fourth-order valence-electron chi connectivity index (χ4n) is 3.21. The summed E-state index contributed by atoms with van der Waals surface area (Å²) in [6.07, 6.45) is 1.48. The number of imide groups is 2. The molecular formula is C20H19N3O5. The summed E-state index contributed by atoms with van der Waals surface area (Å²) in [5.74, 6) is -2.30. The van der Waals surface area contributed by atoms with E-state index in [9.17, 15) is 19.2 Å². The van der Waals surface area contributed by atoms with Crippen molar-refractivity contribution >= 4 is 29.9 Å². The lowest BCUT2D eigenvalue weighted by atomic mass is 10.1. The van der Waals surface area contributed by atoms with Crippen molar-refractivity contribution < 1.29 is 24.3 Å². The molecular weight excluding hydrogens is 362 g/mol. The van der Waals surface area contributed by atoms with Gasteiger partial charge in [-0.05, 0) is 55.8 Å². The molecule has 1 N–H and O–H groups in total. The third-order valence-corrected chi connectivity index (χ3v) is 4.79. The highest BCUT2D eigenvalue weighted by molar-refractivity contribution is 6.30. The lowest BCUT2D eigenvalue weighted by Gasteiger charge is -2.28. The summed E-state index contributed by atoms with van der Waals surface area (Å²) in [5.41, 5.74) is 3.13. The van der Waals surface area contributed by atoms with E-state index >= 15 is 0 Å². The van der Waals surface area contributed by atoms with Crippen LogP contribution in [0.3, 0.4) is 0 Å². The zero-order valence-corrected chi connectivity index (χ0v) is 15.9. The van der Waals surface area contributed by atoms with Gasteiger partial charge in [0, 0.05) is 31.2 Å². The average molecular weight is 381 g/mol. The van der Waals surface area contributed by atoms with E-state index in [1.165, 1.54) is 32.3 Å². The molecule has 8 nitrogen and oxygen atoms in total. The topological polar surface area (TPSA) is 99.9 Å². The van der Waals surface area contributed by atoms with Crippen molar-refractivity contribution in [3.05, 3.63) is 58.4 Å². The van der Waals surface area contributed by atoms with Crippen LogP contribution in [0.2, 0.25) is 0 Å². The first-order valence-electron chi connectivity index (χ1n) is 8.48. The lowest BCUT2D eigenvalue weighted by Crippen LogP contribution is -2.52. The van der Waals surface area contributed by atoms with Crippen molar-refractivity contribution in [2.75, 3.05) is 14.1 Å². The fourth-order valence-corrected chi connectivity index (χ4v) is 3.21. The monoisotopic (exact) mass is 381 g/mol. The van der Waals surface area contributed by atoms with Gasteiger partial charge in [0.1, 0.15) is 5.57 Å². The Bertz CT molecular complexity index is 1020. The van der Waals surface area contributed by atoms with Gasteiger partial charge in [0.25, 0.3) is 11.8 Å². The maximum Gasteiger partial charge on any atom is 0.335 e. The van der Waals surface area contributed by atoms with Crippen molar-refractivity contribution in [2.45, 2.75) is 13.8 Å². The Balaban J connectivity index is 2.05. The predicted molar refractivity (Wildman–Crippen MR) is 101 cm³/mol. The van der Waals surface area contributed by atoms with Gasteiger partial charge >= 0.3 is 12.0 Å². The highest BCUT2D eigenvalue weighted by Crippen LogP contribution is 2.25. The van der Waals surface area contributed by atoms with Crippen LogP contribution in [-0.2, 0) is 9.59 Å². The number of carbonyl (C=O) groups excluding carboxylic acids is 3. The van der Waals surface area contributed by atoms with Crippen LogP contribution >= 0.6 is 0 Å². The van der Waals surface area contributed by atoms with Crippen molar-refractivity contribution in [3.8, 4) is 5.69 Å². The summed E-state index contributed by atoms with van der Waals surface area (Å²) in [6, 6.07) is 7.56. The van der Waals surface area contributed by atoms with Crippen molar-refractivity contribution in [3.63, 3.8) is 0 Å². The number of amides is 4. The van der Waals surface area contributed by atoms with E-state index in [0.29, 0.717) is 5.56 Å². The van der Waals surface area contributed by atoms with Gasteiger partial charge in [0.15, 0.2) is 0 Å². The van der Waals surface area contributed by atoms with Crippen molar-refractivity contribution in [1.29, 1.82) is 0 Å². The second-order valence-electron chi connectivity index (χ2n) is 6.58. The zero-order chi connectivity index (χ0) is 20.7. The van der Waals surface area contributed by atoms with Gasteiger partial charge in [-0.2, -0.15) is 0 Å². The minimum absolute atomic E-state index is 0.0916. The van der Waals surface area contributed by atoms with Crippen LogP contribution in [0.1, 0.15) is 27.3 Å². The van der Waals surface area contributed by atoms with Gasteiger partial charge < -0.3 is 9.67 Å². The highest BCUT2D eigenvalue weighted by Gasteiger charge is 2.38. The molecule has 28 heavy (non-hydrogen) atoms. The van der Waals surface area contributed by atoms with Crippen LogP contribution < -0.4 is 0 Å².